The lowest BCUT2D eigenvalue weighted by molar-refractivity contribution is -0.385. The molecule has 2 aromatic rings. The summed E-state index contributed by atoms with van der Waals surface area (Å²) in [5, 5.41) is 14.9. The molecule has 24 heavy (non-hydrogen) atoms. The van der Waals surface area contributed by atoms with Crippen molar-refractivity contribution >= 4 is 33.7 Å². The van der Waals surface area contributed by atoms with Gasteiger partial charge in [0.15, 0.2) is 11.5 Å². The lowest BCUT2D eigenvalue weighted by atomic mass is 10.1. The summed E-state index contributed by atoms with van der Waals surface area (Å²) in [5.41, 5.74) is 2.55. The van der Waals surface area contributed by atoms with Gasteiger partial charge < -0.3 is 9.47 Å². The highest BCUT2D eigenvalue weighted by Crippen LogP contribution is 2.37. The van der Waals surface area contributed by atoms with Crippen LogP contribution in [0.2, 0.25) is 0 Å². The van der Waals surface area contributed by atoms with Crippen LogP contribution in [0.5, 0.6) is 11.5 Å². The third-order valence-corrected chi connectivity index (χ3v) is 3.49. The van der Waals surface area contributed by atoms with Gasteiger partial charge in [0.05, 0.1) is 28.3 Å². The van der Waals surface area contributed by atoms with Gasteiger partial charge in [0.1, 0.15) is 0 Å². The second kappa shape index (κ2) is 6.62. The first-order valence-electron chi connectivity index (χ1n) is 6.56. The minimum Gasteiger partial charge on any atom is -0.454 e. The first-order valence-corrected chi connectivity index (χ1v) is 7.36. The number of fused-ring (bicyclic) bond motifs is 1. The smallest absolute Gasteiger partial charge is 0.282 e. The summed E-state index contributed by atoms with van der Waals surface area (Å²) < 4.78 is 10.9. The van der Waals surface area contributed by atoms with E-state index in [2.05, 4.69) is 31.4 Å². The fourth-order valence-corrected chi connectivity index (χ4v) is 2.33. The molecule has 0 saturated carbocycles. The zero-order valence-corrected chi connectivity index (χ0v) is 13.5. The molecule has 0 saturated heterocycles. The monoisotopic (exact) mass is 392 g/mol. The SMILES string of the molecule is O=C(NN=Cc1cc2c(cc1[N+](=O)[O-])OCO2)c1cncc(Br)c1. The van der Waals surface area contributed by atoms with Crippen LogP contribution >= 0.6 is 15.9 Å². The molecule has 1 amide bonds. The highest BCUT2D eigenvalue weighted by atomic mass is 79.9. The molecule has 0 unspecified atom stereocenters. The van der Waals surface area contributed by atoms with Crippen molar-refractivity contribution in [3.63, 3.8) is 0 Å². The van der Waals surface area contributed by atoms with Crippen molar-refractivity contribution in [2.24, 2.45) is 5.10 Å². The fourth-order valence-electron chi connectivity index (χ4n) is 1.97. The normalized spacial score (nSPS) is 12.4. The third kappa shape index (κ3) is 3.33. The molecule has 1 aliphatic heterocycles. The minimum atomic E-state index is -0.566. The van der Waals surface area contributed by atoms with Crippen LogP contribution in [-0.4, -0.2) is 28.8 Å². The van der Waals surface area contributed by atoms with E-state index >= 15 is 0 Å². The standard InChI is InChI=1S/C14H9BrN4O5/c15-10-1-9(4-16-6-10)14(20)18-17-5-8-2-12-13(24-7-23-12)3-11(8)19(21)22/h1-6H,7H2,(H,18,20). The number of halogens is 1. The number of carbonyl (C=O) groups is 1. The van der Waals surface area contributed by atoms with Crippen LogP contribution in [0, 0.1) is 10.1 Å². The number of hydrogen-bond acceptors (Lipinski definition) is 7. The summed E-state index contributed by atoms with van der Waals surface area (Å²) in [6.07, 6.45) is 4.08. The van der Waals surface area contributed by atoms with Crippen molar-refractivity contribution < 1.29 is 19.2 Å². The maximum Gasteiger partial charge on any atom is 0.282 e. The van der Waals surface area contributed by atoms with Crippen molar-refractivity contribution in [1.82, 2.24) is 10.4 Å². The van der Waals surface area contributed by atoms with Gasteiger partial charge in [-0.25, -0.2) is 5.43 Å². The van der Waals surface area contributed by atoms with Gasteiger partial charge in [-0.1, -0.05) is 0 Å². The molecule has 122 valence electrons. The number of aromatic nitrogens is 1. The van der Waals surface area contributed by atoms with E-state index in [1.807, 2.05) is 0 Å². The van der Waals surface area contributed by atoms with Gasteiger partial charge in [0, 0.05) is 16.9 Å². The zero-order chi connectivity index (χ0) is 17.1. The maximum atomic E-state index is 11.9. The molecule has 0 bridgehead atoms. The number of benzene rings is 1. The Kier molecular flexibility index (Phi) is 4.38. The summed E-state index contributed by atoms with van der Waals surface area (Å²) in [5.74, 6) is 0.177. The summed E-state index contributed by atoms with van der Waals surface area (Å²) in [7, 11) is 0. The van der Waals surface area contributed by atoms with E-state index in [0.717, 1.165) is 0 Å². The number of amides is 1. The molecule has 0 atom stereocenters. The van der Waals surface area contributed by atoms with E-state index in [4.69, 9.17) is 9.47 Å². The molecule has 1 aromatic heterocycles. The van der Waals surface area contributed by atoms with Gasteiger partial charge in [0.2, 0.25) is 6.79 Å². The predicted octanol–water partition coefficient (Wildman–Crippen LogP) is 2.24. The van der Waals surface area contributed by atoms with Crippen LogP contribution in [0.1, 0.15) is 15.9 Å². The van der Waals surface area contributed by atoms with E-state index in [1.165, 1.54) is 30.7 Å². The van der Waals surface area contributed by atoms with Crippen LogP contribution in [0.4, 0.5) is 5.69 Å². The van der Waals surface area contributed by atoms with Crippen molar-refractivity contribution in [3.05, 3.63) is 56.3 Å². The number of rotatable bonds is 4. The van der Waals surface area contributed by atoms with Gasteiger partial charge in [-0.05, 0) is 28.1 Å². The topological polar surface area (TPSA) is 116 Å². The average Bonchev–Trinajstić information content (AvgIpc) is 3.01. The number of nitrogens with one attached hydrogen (secondary N) is 1. The van der Waals surface area contributed by atoms with Crippen molar-refractivity contribution in [1.29, 1.82) is 0 Å². The number of nitro groups is 1. The molecule has 1 aromatic carbocycles. The summed E-state index contributed by atoms with van der Waals surface area (Å²) in [6.45, 7) is -0.000293. The Morgan fingerprint density at radius 3 is 2.79 bits per heavy atom. The zero-order valence-electron chi connectivity index (χ0n) is 11.9. The Balaban J connectivity index is 1.79. The van der Waals surface area contributed by atoms with Crippen LogP contribution in [0.25, 0.3) is 0 Å². The van der Waals surface area contributed by atoms with Crippen molar-refractivity contribution in [3.8, 4) is 11.5 Å². The number of carbonyl (C=O) groups excluding carboxylic acids is 1. The quantitative estimate of drug-likeness (QED) is 0.484. The molecule has 3 rings (SSSR count). The Hall–Kier alpha value is -3.01. The Morgan fingerprint density at radius 1 is 1.33 bits per heavy atom. The number of hydrazone groups is 1. The largest absolute Gasteiger partial charge is 0.454 e. The number of nitrogens with zero attached hydrogens (tertiary/aromatic N) is 3. The molecule has 10 heteroatoms. The molecule has 0 fully saturated rings. The van der Waals surface area contributed by atoms with E-state index in [1.54, 1.807) is 6.07 Å². The molecule has 0 radical (unpaired) electrons. The molecule has 0 aliphatic carbocycles. The van der Waals surface area contributed by atoms with E-state index in [9.17, 15) is 14.9 Å². The highest BCUT2D eigenvalue weighted by Gasteiger charge is 2.22. The molecule has 1 aliphatic rings. The average molecular weight is 393 g/mol. The molecule has 1 N–H and O–H groups in total. The fraction of sp³-hybridized carbons (Fsp3) is 0.0714. The summed E-state index contributed by atoms with van der Waals surface area (Å²) >= 11 is 3.21. The van der Waals surface area contributed by atoms with E-state index in [0.29, 0.717) is 21.5 Å². The van der Waals surface area contributed by atoms with Crippen molar-refractivity contribution in [2.75, 3.05) is 6.79 Å². The van der Waals surface area contributed by atoms with Gasteiger partial charge in [-0.3, -0.25) is 19.9 Å². The highest BCUT2D eigenvalue weighted by molar-refractivity contribution is 9.10. The number of nitro benzene ring substituents is 1. The molecular weight excluding hydrogens is 384 g/mol. The number of ether oxygens (including phenoxy) is 2. The summed E-state index contributed by atoms with van der Waals surface area (Å²) in [4.78, 5) is 26.4. The van der Waals surface area contributed by atoms with Gasteiger partial charge in [-0.2, -0.15) is 5.10 Å². The van der Waals surface area contributed by atoms with Crippen LogP contribution < -0.4 is 14.9 Å². The lowest BCUT2D eigenvalue weighted by Crippen LogP contribution is -2.17. The predicted molar refractivity (Wildman–Crippen MR) is 86.2 cm³/mol. The lowest BCUT2D eigenvalue weighted by Gasteiger charge is -2.02. The Bertz CT molecular complexity index is 855. The van der Waals surface area contributed by atoms with Gasteiger partial charge >= 0.3 is 0 Å². The van der Waals surface area contributed by atoms with Crippen LogP contribution in [0.15, 0.2) is 40.2 Å². The third-order valence-electron chi connectivity index (χ3n) is 3.06. The Labute approximate surface area is 143 Å². The molecule has 0 spiro atoms. The number of pyridine rings is 1. The molecule has 9 nitrogen and oxygen atoms in total. The first kappa shape index (κ1) is 15.9. The Morgan fingerprint density at radius 2 is 2.08 bits per heavy atom. The van der Waals surface area contributed by atoms with E-state index < -0.39 is 10.8 Å². The van der Waals surface area contributed by atoms with E-state index in [-0.39, 0.29) is 18.0 Å². The summed E-state index contributed by atoms with van der Waals surface area (Å²) in [6, 6.07) is 4.25. The second-order valence-corrected chi connectivity index (χ2v) is 5.53. The molecule has 2 heterocycles. The maximum absolute atomic E-state index is 11.9. The van der Waals surface area contributed by atoms with Gasteiger partial charge in [0.25, 0.3) is 11.6 Å². The minimum absolute atomic E-state index is 0.000293. The first-order chi connectivity index (χ1) is 11.5. The van der Waals surface area contributed by atoms with Crippen LogP contribution in [0.3, 0.4) is 0 Å². The second-order valence-electron chi connectivity index (χ2n) is 4.61. The van der Waals surface area contributed by atoms with Crippen molar-refractivity contribution in [2.45, 2.75) is 0 Å². The van der Waals surface area contributed by atoms with Crippen LogP contribution in [-0.2, 0) is 0 Å². The number of hydrogen-bond donors (Lipinski definition) is 1. The van der Waals surface area contributed by atoms with Gasteiger partial charge in [-0.15, -0.1) is 0 Å². The molecular formula is C14H9BrN4O5.